The van der Waals surface area contributed by atoms with E-state index in [0.717, 1.165) is 25.1 Å². The number of nitrogens with zero attached hydrogens (tertiary/aromatic N) is 1. The Morgan fingerprint density at radius 1 is 1.38 bits per heavy atom. The summed E-state index contributed by atoms with van der Waals surface area (Å²) >= 11 is 0. The van der Waals surface area contributed by atoms with Gasteiger partial charge in [-0.3, -0.25) is 4.98 Å². The summed E-state index contributed by atoms with van der Waals surface area (Å²) in [6, 6.07) is 2.38. The lowest BCUT2D eigenvalue weighted by Gasteiger charge is -2.18. The molecule has 1 heterocycles. The largest absolute Gasteiger partial charge is 0.417 e. The van der Waals surface area contributed by atoms with Crippen molar-refractivity contribution < 1.29 is 18.3 Å². The topological polar surface area (TPSA) is 33.1 Å². The molecule has 1 unspecified atom stereocenters. The van der Waals surface area contributed by atoms with Crippen LogP contribution in [-0.4, -0.2) is 16.2 Å². The molecule has 0 aromatic carbocycles. The lowest BCUT2D eigenvalue weighted by atomic mass is 9.95. The summed E-state index contributed by atoms with van der Waals surface area (Å²) in [5.74, 6) is 0. The Morgan fingerprint density at radius 2 is 2.00 bits per heavy atom. The van der Waals surface area contributed by atoms with Gasteiger partial charge in [-0.1, -0.05) is 0 Å². The van der Waals surface area contributed by atoms with Crippen molar-refractivity contribution in [1.29, 1.82) is 0 Å². The smallest absolute Gasteiger partial charge is 0.392 e. The monoisotopic (exact) mass is 231 g/mol. The second-order valence-electron chi connectivity index (χ2n) is 4.26. The molecule has 1 aliphatic carbocycles. The number of aliphatic hydroxyl groups excluding tert-OH is 1. The Balaban J connectivity index is 2.27. The van der Waals surface area contributed by atoms with Gasteiger partial charge in [-0.15, -0.1) is 0 Å². The number of alkyl halides is 3. The molecule has 0 aliphatic heterocycles. The average molecular weight is 231 g/mol. The van der Waals surface area contributed by atoms with Gasteiger partial charge in [0.2, 0.25) is 0 Å². The summed E-state index contributed by atoms with van der Waals surface area (Å²) < 4.78 is 36.9. The lowest BCUT2D eigenvalue weighted by molar-refractivity contribution is -0.137. The molecule has 1 N–H and O–H groups in total. The van der Waals surface area contributed by atoms with E-state index in [9.17, 15) is 18.3 Å². The predicted molar refractivity (Wildman–Crippen MR) is 51.8 cm³/mol. The van der Waals surface area contributed by atoms with Crippen molar-refractivity contribution in [3.63, 3.8) is 0 Å². The highest BCUT2D eigenvalue weighted by atomic mass is 19.4. The Bertz CT molecular complexity index is 379. The molecular weight excluding hydrogens is 219 g/mol. The zero-order chi connectivity index (χ0) is 12.0. The van der Waals surface area contributed by atoms with Gasteiger partial charge in [0.1, 0.15) is 0 Å². The minimum atomic E-state index is -4.35. The van der Waals surface area contributed by atoms with Gasteiger partial charge in [-0.2, -0.15) is 13.2 Å². The first-order valence-electron chi connectivity index (χ1n) is 5.08. The van der Waals surface area contributed by atoms with Gasteiger partial charge in [0, 0.05) is 17.3 Å². The van der Waals surface area contributed by atoms with Crippen molar-refractivity contribution in [2.75, 3.05) is 0 Å². The maximum atomic E-state index is 12.3. The molecule has 5 heteroatoms. The second-order valence-corrected chi connectivity index (χ2v) is 4.26. The number of hydrogen-bond acceptors (Lipinski definition) is 2. The molecule has 1 aromatic heterocycles. The van der Waals surface area contributed by atoms with Gasteiger partial charge < -0.3 is 5.11 Å². The molecule has 0 spiro atoms. The molecule has 1 fully saturated rings. The third kappa shape index (κ3) is 1.80. The van der Waals surface area contributed by atoms with Gasteiger partial charge in [0.25, 0.3) is 0 Å². The number of aliphatic hydroxyl groups is 1. The molecular formula is C11H12F3NO. The van der Waals surface area contributed by atoms with Crippen LogP contribution in [0.25, 0.3) is 0 Å². The summed E-state index contributed by atoms with van der Waals surface area (Å²) in [6.07, 6.45) is -2.53. The van der Waals surface area contributed by atoms with E-state index in [1.54, 1.807) is 6.92 Å². The predicted octanol–water partition coefficient (Wildman–Crippen LogP) is 2.51. The first kappa shape index (κ1) is 11.4. The molecule has 0 saturated heterocycles. The van der Waals surface area contributed by atoms with Crippen molar-refractivity contribution in [2.45, 2.75) is 37.5 Å². The molecule has 1 atom stereocenters. The van der Waals surface area contributed by atoms with E-state index < -0.39 is 23.3 Å². The minimum Gasteiger partial charge on any atom is -0.392 e. The Labute approximate surface area is 91.1 Å². The van der Waals surface area contributed by atoms with Crippen LogP contribution in [-0.2, 0) is 11.6 Å². The molecule has 1 saturated carbocycles. The zero-order valence-corrected chi connectivity index (χ0v) is 8.75. The minimum absolute atomic E-state index is 0.413. The first-order valence-corrected chi connectivity index (χ1v) is 5.08. The van der Waals surface area contributed by atoms with Crippen molar-refractivity contribution in [2.24, 2.45) is 0 Å². The van der Waals surface area contributed by atoms with Crippen LogP contribution in [0.15, 0.2) is 18.3 Å². The number of pyridine rings is 1. The van der Waals surface area contributed by atoms with E-state index in [1.807, 2.05) is 0 Å². The third-order valence-electron chi connectivity index (χ3n) is 3.19. The van der Waals surface area contributed by atoms with E-state index in [-0.39, 0.29) is 0 Å². The van der Waals surface area contributed by atoms with Crippen LogP contribution in [0, 0.1) is 0 Å². The Hall–Kier alpha value is -1.10. The Kier molecular flexibility index (Phi) is 2.45. The zero-order valence-electron chi connectivity index (χ0n) is 8.75. The molecule has 0 radical (unpaired) electrons. The van der Waals surface area contributed by atoms with Gasteiger partial charge in [0.15, 0.2) is 0 Å². The lowest BCUT2D eigenvalue weighted by Crippen LogP contribution is -2.24. The maximum Gasteiger partial charge on any atom is 0.417 e. The van der Waals surface area contributed by atoms with Crippen LogP contribution >= 0.6 is 0 Å². The number of hydrogen-bond donors (Lipinski definition) is 1. The van der Waals surface area contributed by atoms with Crippen LogP contribution in [0.5, 0.6) is 0 Å². The number of aromatic nitrogens is 1. The molecule has 2 nitrogen and oxygen atoms in total. The van der Waals surface area contributed by atoms with Crippen molar-refractivity contribution in [3.05, 3.63) is 29.6 Å². The fourth-order valence-electron chi connectivity index (χ4n) is 1.88. The molecule has 2 rings (SSSR count). The third-order valence-corrected chi connectivity index (χ3v) is 3.19. The quantitative estimate of drug-likeness (QED) is 0.848. The second kappa shape index (κ2) is 3.45. The van der Waals surface area contributed by atoms with E-state index in [0.29, 0.717) is 5.69 Å². The summed E-state index contributed by atoms with van der Waals surface area (Å²) in [5.41, 5.74) is -0.613. The molecule has 1 aliphatic rings. The van der Waals surface area contributed by atoms with Crippen LogP contribution in [0.2, 0.25) is 0 Å². The summed E-state index contributed by atoms with van der Waals surface area (Å²) in [4.78, 5) is 3.82. The summed E-state index contributed by atoms with van der Waals surface area (Å²) in [6.45, 7) is 1.65. The van der Waals surface area contributed by atoms with E-state index >= 15 is 0 Å². The van der Waals surface area contributed by atoms with Crippen molar-refractivity contribution in [3.8, 4) is 0 Å². The molecule has 1 aromatic rings. The van der Waals surface area contributed by atoms with Crippen molar-refractivity contribution in [1.82, 2.24) is 4.98 Å². The molecule has 0 bridgehead atoms. The standard InChI is InChI=1S/C11H12F3NO/c1-7(16)10(4-5-10)9-3-2-8(6-15-9)11(12,13)14/h2-3,6-7,16H,4-5H2,1H3. The van der Waals surface area contributed by atoms with E-state index in [1.165, 1.54) is 6.07 Å². The van der Waals surface area contributed by atoms with Gasteiger partial charge in [-0.05, 0) is 31.9 Å². The maximum absolute atomic E-state index is 12.3. The molecule has 0 amide bonds. The Morgan fingerprint density at radius 3 is 2.31 bits per heavy atom. The fraction of sp³-hybridized carbons (Fsp3) is 0.545. The van der Waals surface area contributed by atoms with Crippen LogP contribution in [0.4, 0.5) is 13.2 Å². The molecule has 88 valence electrons. The highest BCUT2D eigenvalue weighted by Crippen LogP contribution is 2.50. The molecule has 16 heavy (non-hydrogen) atoms. The van der Waals surface area contributed by atoms with Crippen LogP contribution in [0.1, 0.15) is 31.0 Å². The highest BCUT2D eigenvalue weighted by Gasteiger charge is 2.49. The first-order chi connectivity index (χ1) is 7.36. The van der Waals surface area contributed by atoms with Gasteiger partial charge >= 0.3 is 6.18 Å². The van der Waals surface area contributed by atoms with E-state index in [2.05, 4.69) is 4.98 Å². The van der Waals surface area contributed by atoms with Gasteiger partial charge in [0.05, 0.1) is 11.7 Å². The average Bonchev–Trinajstić information content (AvgIpc) is 2.97. The van der Waals surface area contributed by atoms with E-state index in [4.69, 9.17) is 0 Å². The van der Waals surface area contributed by atoms with Crippen LogP contribution in [0.3, 0.4) is 0 Å². The highest BCUT2D eigenvalue weighted by molar-refractivity contribution is 5.29. The fourth-order valence-corrected chi connectivity index (χ4v) is 1.88. The van der Waals surface area contributed by atoms with Crippen molar-refractivity contribution >= 4 is 0 Å². The van der Waals surface area contributed by atoms with Gasteiger partial charge in [-0.25, -0.2) is 0 Å². The number of halogens is 3. The summed E-state index contributed by atoms with van der Waals surface area (Å²) in [5, 5.41) is 9.56. The SMILES string of the molecule is CC(O)C1(c2ccc(C(F)(F)F)cn2)CC1. The normalized spacial score (nSPS) is 20.6. The number of rotatable bonds is 2. The van der Waals surface area contributed by atoms with Crippen LogP contribution < -0.4 is 0 Å². The summed E-state index contributed by atoms with van der Waals surface area (Å²) in [7, 11) is 0.